The van der Waals surface area contributed by atoms with Crippen molar-refractivity contribution in [3.05, 3.63) is 36.0 Å². The highest BCUT2D eigenvalue weighted by atomic mass is 16.2. The Bertz CT molecular complexity index is 797. The molecule has 1 heterocycles. The standard InChI is InChI=1S/C19H26N4O3/c1-11(2)8-17(22-12(3)24)19(26)23-16(18(20)25)9-13-10-21-15-7-5-4-6-14(13)15/h4-7,10-11,16-17,21H,8-9H2,1-3H3,(H2,20,25)(H,22,24)(H,23,26)/t16-,17+/m1/s1. The number of hydrogen-bond acceptors (Lipinski definition) is 3. The number of H-pyrrole nitrogens is 1. The molecule has 7 heteroatoms. The van der Waals surface area contributed by atoms with Gasteiger partial charge in [-0.3, -0.25) is 14.4 Å². The number of carbonyl (C=O) groups excluding carboxylic acids is 3. The lowest BCUT2D eigenvalue weighted by Gasteiger charge is -2.22. The molecule has 140 valence electrons. The average molecular weight is 358 g/mol. The molecule has 0 spiro atoms. The van der Waals surface area contributed by atoms with Crippen LogP contribution in [-0.2, 0) is 20.8 Å². The lowest BCUT2D eigenvalue weighted by atomic mass is 10.0. The van der Waals surface area contributed by atoms with E-state index < -0.39 is 23.9 Å². The van der Waals surface area contributed by atoms with Crippen molar-refractivity contribution in [1.82, 2.24) is 15.6 Å². The highest BCUT2D eigenvalue weighted by Crippen LogP contribution is 2.19. The van der Waals surface area contributed by atoms with Crippen molar-refractivity contribution in [1.29, 1.82) is 0 Å². The van der Waals surface area contributed by atoms with Crippen LogP contribution in [0.15, 0.2) is 30.5 Å². The number of amides is 3. The van der Waals surface area contributed by atoms with Gasteiger partial charge in [0.15, 0.2) is 0 Å². The molecule has 26 heavy (non-hydrogen) atoms. The number of para-hydroxylation sites is 1. The van der Waals surface area contributed by atoms with Crippen LogP contribution in [0.2, 0.25) is 0 Å². The van der Waals surface area contributed by atoms with E-state index in [1.165, 1.54) is 6.92 Å². The molecule has 2 rings (SSSR count). The predicted molar refractivity (Wildman–Crippen MR) is 100 cm³/mol. The number of hydrogen-bond donors (Lipinski definition) is 4. The fourth-order valence-electron chi connectivity index (χ4n) is 2.96. The van der Waals surface area contributed by atoms with Gasteiger partial charge in [0.2, 0.25) is 17.7 Å². The lowest BCUT2D eigenvalue weighted by Crippen LogP contribution is -2.53. The number of rotatable bonds is 8. The third kappa shape index (κ3) is 5.08. The van der Waals surface area contributed by atoms with E-state index in [1.54, 1.807) is 0 Å². The molecule has 2 atom stereocenters. The maximum atomic E-state index is 12.6. The maximum Gasteiger partial charge on any atom is 0.243 e. The number of aromatic amines is 1. The first kappa shape index (κ1) is 19.5. The average Bonchev–Trinajstić information content (AvgIpc) is 2.95. The second-order valence-corrected chi connectivity index (χ2v) is 6.91. The van der Waals surface area contributed by atoms with Crippen LogP contribution in [0, 0.1) is 5.92 Å². The van der Waals surface area contributed by atoms with E-state index in [0.717, 1.165) is 16.5 Å². The van der Waals surface area contributed by atoms with Crippen LogP contribution in [-0.4, -0.2) is 34.8 Å². The molecule has 7 nitrogen and oxygen atoms in total. The Labute approximate surface area is 152 Å². The zero-order chi connectivity index (χ0) is 19.3. The Hall–Kier alpha value is -2.83. The Kier molecular flexibility index (Phi) is 6.38. The van der Waals surface area contributed by atoms with E-state index >= 15 is 0 Å². The van der Waals surface area contributed by atoms with Gasteiger partial charge in [-0.15, -0.1) is 0 Å². The van der Waals surface area contributed by atoms with Gasteiger partial charge in [-0.25, -0.2) is 0 Å². The quantitative estimate of drug-likeness (QED) is 0.568. The number of fused-ring (bicyclic) bond motifs is 1. The third-order valence-corrected chi connectivity index (χ3v) is 4.16. The largest absolute Gasteiger partial charge is 0.368 e. The summed E-state index contributed by atoms with van der Waals surface area (Å²) >= 11 is 0. The zero-order valence-corrected chi connectivity index (χ0v) is 15.3. The molecule has 1 aromatic heterocycles. The van der Waals surface area contributed by atoms with Crippen molar-refractivity contribution in [2.45, 2.75) is 45.7 Å². The fraction of sp³-hybridized carbons (Fsp3) is 0.421. The Morgan fingerprint density at radius 2 is 1.81 bits per heavy atom. The molecule has 0 bridgehead atoms. The Balaban J connectivity index is 2.14. The smallest absolute Gasteiger partial charge is 0.243 e. The summed E-state index contributed by atoms with van der Waals surface area (Å²) in [7, 11) is 0. The maximum absolute atomic E-state index is 12.6. The van der Waals surface area contributed by atoms with Crippen molar-refractivity contribution in [3.8, 4) is 0 Å². The topological polar surface area (TPSA) is 117 Å². The first-order chi connectivity index (χ1) is 12.3. The van der Waals surface area contributed by atoms with Gasteiger partial charge in [0, 0.05) is 30.4 Å². The fourth-order valence-corrected chi connectivity index (χ4v) is 2.96. The van der Waals surface area contributed by atoms with Crippen molar-refractivity contribution >= 4 is 28.6 Å². The third-order valence-electron chi connectivity index (χ3n) is 4.16. The molecule has 0 fully saturated rings. The molecule has 0 saturated heterocycles. The van der Waals surface area contributed by atoms with Crippen molar-refractivity contribution in [3.63, 3.8) is 0 Å². The molecule has 5 N–H and O–H groups in total. The van der Waals surface area contributed by atoms with E-state index in [4.69, 9.17) is 5.73 Å². The van der Waals surface area contributed by atoms with Gasteiger partial charge in [-0.2, -0.15) is 0 Å². The van der Waals surface area contributed by atoms with Gasteiger partial charge in [-0.05, 0) is 24.0 Å². The predicted octanol–water partition coefficient (Wildman–Crippen LogP) is 1.23. The van der Waals surface area contributed by atoms with Gasteiger partial charge >= 0.3 is 0 Å². The minimum Gasteiger partial charge on any atom is -0.368 e. The highest BCUT2D eigenvalue weighted by molar-refractivity contribution is 5.92. The van der Waals surface area contributed by atoms with E-state index in [0.29, 0.717) is 6.42 Å². The number of aromatic nitrogens is 1. The van der Waals surface area contributed by atoms with E-state index in [-0.39, 0.29) is 18.2 Å². The summed E-state index contributed by atoms with van der Waals surface area (Å²) in [4.78, 5) is 39.0. The molecule has 0 aliphatic carbocycles. The van der Waals surface area contributed by atoms with Gasteiger partial charge in [-0.1, -0.05) is 32.0 Å². The minimum absolute atomic E-state index is 0.207. The van der Waals surface area contributed by atoms with Crippen molar-refractivity contribution < 1.29 is 14.4 Å². The highest BCUT2D eigenvalue weighted by Gasteiger charge is 2.26. The van der Waals surface area contributed by atoms with Crippen molar-refractivity contribution in [2.75, 3.05) is 0 Å². The van der Waals surface area contributed by atoms with Gasteiger partial charge in [0.05, 0.1) is 0 Å². The molecule has 0 radical (unpaired) electrons. The number of carbonyl (C=O) groups is 3. The lowest BCUT2D eigenvalue weighted by molar-refractivity contribution is -0.131. The van der Waals surface area contributed by atoms with Gasteiger partial charge < -0.3 is 21.4 Å². The number of benzene rings is 1. The van der Waals surface area contributed by atoms with Crippen LogP contribution < -0.4 is 16.4 Å². The van der Waals surface area contributed by atoms with Crippen LogP contribution in [0.3, 0.4) is 0 Å². The summed E-state index contributed by atoms with van der Waals surface area (Å²) in [5.74, 6) is -1.11. The van der Waals surface area contributed by atoms with Crippen LogP contribution in [0.5, 0.6) is 0 Å². The van der Waals surface area contributed by atoms with Crippen LogP contribution in [0.4, 0.5) is 0 Å². The number of nitrogens with two attached hydrogens (primary N) is 1. The second-order valence-electron chi connectivity index (χ2n) is 6.91. The minimum atomic E-state index is -0.856. The van der Waals surface area contributed by atoms with E-state index in [2.05, 4.69) is 15.6 Å². The first-order valence-corrected chi connectivity index (χ1v) is 8.69. The normalized spacial score (nSPS) is 13.4. The summed E-state index contributed by atoms with van der Waals surface area (Å²) in [6.45, 7) is 5.28. The summed E-state index contributed by atoms with van der Waals surface area (Å²) in [6, 6.07) is 6.15. The summed E-state index contributed by atoms with van der Waals surface area (Å²) in [5, 5.41) is 6.30. The number of primary amides is 1. The summed E-state index contributed by atoms with van der Waals surface area (Å²) in [5.41, 5.74) is 7.34. The molecule has 0 unspecified atom stereocenters. The molecule has 2 aromatic rings. The van der Waals surface area contributed by atoms with E-state index in [9.17, 15) is 14.4 Å². The Morgan fingerprint density at radius 3 is 2.42 bits per heavy atom. The van der Waals surface area contributed by atoms with Crippen LogP contribution >= 0.6 is 0 Å². The van der Waals surface area contributed by atoms with E-state index in [1.807, 2.05) is 44.3 Å². The monoisotopic (exact) mass is 358 g/mol. The Morgan fingerprint density at radius 1 is 1.12 bits per heavy atom. The molecular weight excluding hydrogens is 332 g/mol. The molecule has 0 aliphatic heterocycles. The van der Waals surface area contributed by atoms with Crippen LogP contribution in [0.25, 0.3) is 10.9 Å². The van der Waals surface area contributed by atoms with Crippen molar-refractivity contribution in [2.24, 2.45) is 11.7 Å². The zero-order valence-electron chi connectivity index (χ0n) is 15.3. The molecular formula is C19H26N4O3. The number of nitrogens with one attached hydrogen (secondary N) is 3. The second kappa shape index (κ2) is 8.51. The molecule has 1 aromatic carbocycles. The summed E-state index contributed by atoms with van der Waals surface area (Å²) < 4.78 is 0. The van der Waals surface area contributed by atoms with Gasteiger partial charge in [0.25, 0.3) is 0 Å². The summed E-state index contributed by atoms with van der Waals surface area (Å²) in [6.07, 6.45) is 2.57. The molecule has 0 saturated carbocycles. The molecule has 3 amide bonds. The van der Waals surface area contributed by atoms with Gasteiger partial charge in [0.1, 0.15) is 12.1 Å². The van der Waals surface area contributed by atoms with Crippen LogP contribution in [0.1, 0.15) is 32.8 Å². The molecule has 0 aliphatic rings. The first-order valence-electron chi connectivity index (χ1n) is 8.69. The SMILES string of the molecule is CC(=O)N[C@@H](CC(C)C)C(=O)N[C@H](Cc1c[nH]c2ccccc12)C(N)=O.